The zero-order chi connectivity index (χ0) is 13.9. The molecule has 106 valence electrons. The van der Waals surface area contributed by atoms with Crippen LogP contribution in [0.1, 0.15) is 17.3 Å². The van der Waals surface area contributed by atoms with Gasteiger partial charge in [0.1, 0.15) is 11.4 Å². The first-order valence-corrected chi connectivity index (χ1v) is 6.63. The quantitative estimate of drug-likeness (QED) is 0.770. The van der Waals surface area contributed by atoms with Crippen molar-refractivity contribution in [3.8, 4) is 0 Å². The lowest BCUT2D eigenvalue weighted by atomic mass is 10.3. The molecule has 1 fully saturated rings. The molecule has 1 aliphatic rings. The van der Waals surface area contributed by atoms with Crippen molar-refractivity contribution in [2.24, 2.45) is 0 Å². The lowest BCUT2D eigenvalue weighted by molar-refractivity contribution is 0.0528. The van der Waals surface area contributed by atoms with E-state index in [4.69, 9.17) is 9.47 Å². The molecule has 3 rings (SSSR count). The molecule has 20 heavy (non-hydrogen) atoms. The highest BCUT2D eigenvalue weighted by atomic mass is 16.5. The van der Waals surface area contributed by atoms with Crippen molar-refractivity contribution < 1.29 is 14.3 Å². The molecule has 2 aromatic rings. The van der Waals surface area contributed by atoms with E-state index in [0.29, 0.717) is 30.9 Å². The average molecular weight is 276 g/mol. The number of ether oxygens (including phenoxy) is 2. The van der Waals surface area contributed by atoms with Gasteiger partial charge in [0.05, 0.1) is 43.9 Å². The minimum absolute atomic E-state index is 0.343. The standard InChI is InChI=1S/C13H16N4O3/c1-2-20-13(18)10-7-15-17-9-12(14-8-11(10)17)16-3-5-19-6-4-16/h7-9H,2-6H2,1H3. The van der Waals surface area contributed by atoms with Crippen molar-refractivity contribution in [2.45, 2.75) is 6.92 Å². The van der Waals surface area contributed by atoms with Crippen LogP contribution >= 0.6 is 0 Å². The molecule has 2 aromatic heterocycles. The highest BCUT2D eigenvalue weighted by molar-refractivity contribution is 5.96. The number of fused-ring (bicyclic) bond motifs is 1. The molecule has 0 bridgehead atoms. The Bertz CT molecular complexity index is 619. The van der Waals surface area contributed by atoms with E-state index in [0.717, 1.165) is 18.9 Å². The zero-order valence-corrected chi connectivity index (χ0v) is 11.3. The summed E-state index contributed by atoms with van der Waals surface area (Å²) in [7, 11) is 0. The number of anilines is 1. The molecule has 0 unspecified atom stereocenters. The lowest BCUT2D eigenvalue weighted by Gasteiger charge is -2.27. The smallest absolute Gasteiger partial charge is 0.342 e. The van der Waals surface area contributed by atoms with Gasteiger partial charge in [0.15, 0.2) is 0 Å². The first kappa shape index (κ1) is 12.9. The number of nitrogens with zero attached hydrogens (tertiary/aromatic N) is 4. The molecule has 0 spiro atoms. The highest BCUT2D eigenvalue weighted by Crippen LogP contribution is 2.16. The van der Waals surface area contributed by atoms with Gasteiger partial charge in [-0.25, -0.2) is 14.3 Å². The Hall–Kier alpha value is -2.15. The lowest BCUT2D eigenvalue weighted by Crippen LogP contribution is -2.36. The predicted octanol–water partition coefficient (Wildman–Crippen LogP) is 0.743. The molecule has 0 amide bonds. The molecule has 0 radical (unpaired) electrons. The van der Waals surface area contributed by atoms with E-state index >= 15 is 0 Å². The van der Waals surface area contributed by atoms with E-state index in [9.17, 15) is 4.79 Å². The molecule has 0 saturated carbocycles. The molecule has 7 heteroatoms. The summed E-state index contributed by atoms with van der Waals surface area (Å²) >= 11 is 0. The minimum Gasteiger partial charge on any atom is -0.462 e. The van der Waals surface area contributed by atoms with E-state index in [1.54, 1.807) is 17.6 Å². The molecule has 0 aliphatic carbocycles. The van der Waals surface area contributed by atoms with Gasteiger partial charge in [-0.15, -0.1) is 0 Å². The van der Waals surface area contributed by atoms with Gasteiger partial charge in [-0.2, -0.15) is 5.10 Å². The van der Waals surface area contributed by atoms with Gasteiger partial charge < -0.3 is 14.4 Å². The molecule has 0 atom stereocenters. The third-order valence-corrected chi connectivity index (χ3v) is 3.22. The summed E-state index contributed by atoms with van der Waals surface area (Å²) in [5.41, 5.74) is 1.09. The van der Waals surface area contributed by atoms with E-state index in [1.807, 2.05) is 6.20 Å². The molecule has 3 heterocycles. The fourth-order valence-electron chi connectivity index (χ4n) is 2.20. The van der Waals surface area contributed by atoms with Crippen LogP contribution in [0, 0.1) is 0 Å². The van der Waals surface area contributed by atoms with Crippen LogP contribution < -0.4 is 4.90 Å². The third-order valence-electron chi connectivity index (χ3n) is 3.22. The van der Waals surface area contributed by atoms with Gasteiger partial charge in [0.2, 0.25) is 0 Å². The maximum Gasteiger partial charge on any atom is 0.342 e. The predicted molar refractivity (Wildman–Crippen MR) is 72.0 cm³/mol. The fourth-order valence-corrected chi connectivity index (χ4v) is 2.20. The topological polar surface area (TPSA) is 69.0 Å². The maximum atomic E-state index is 11.8. The Kier molecular flexibility index (Phi) is 3.51. The van der Waals surface area contributed by atoms with Gasteiger partial charge in [0, 0.05) is 13.1 Å². The number of rotatable bonds is 3. The van der Waals surface area contributed by atoms with Crippen LogP contribution in [0.4, 0.5) is 5.82 Å². The average Bonchev–Trinajstić information content (AvgIpc) is 2.91. The van der Waals surface area contributed by atoms with E-state index in [1.165, 1.54) is 6.20 Å². The minimum atomic E-state index is -0.372. The van der Waals surface area contributed by atoms with Crippen molar-refractivity contribution in [1.82, 2.24) is 14.6 Å². The number of hydrogen-bond acceptors (Lipinski definition) is 6. The van der Waals surface area contributed by atoms with E-state index < -0.39 is 0 Å². The monoisotopic (exact) mass is 276 g/mol. The number of carbonyl (C=O) groups is 1. The summed E-state index contributed by atoms with van der Waals surface area (Å²) in [6.45, 7) is 5.14. The molecule has 7 nitrogen and oxygen atoms in total. The largest absolute Gasteiger partial charge is 0.462 e. The van der Waals surface area contributed by atoms with Crippen LogP contribution in [0.3, 0.4) is 0 Å². The normalized spacial score (nSPS) is 15.6. The van der Waals surface area contributed by atoms with E-state index in [-0.39, 0.29) is 5.97 Å². The Morgan fingerprint density at radius 2 is 2.20 bits per heavy atom. The Labute approximate surface area is 116 Å². The summed E-state index contributed by atoms with van der Waals surface area (Å²) in [5, 5.41) is 4.20. The molecule has 0 N–H and O–H groups in total. The molecular weight excluding hydrogens is 260 g/mol. The van der Waals surface area contributed by atoms with Crippen molar-refractivity contribution in [3.05, 3.63) is 24.2 Å². The van der Waals surface area contributed by atoms with Crippen LogP contribution in [-0.4, -0.2) is 53.5 Å². The molecule has 1 saturated heterocycles. The van der Waals surface area contributed by atoms with Gasteiger partial charge >= 0.3 is 5.97 Å². The molecule has 1 aliphatic heterocycles. The second-order valence-electron chi connectivity index (χ2n) is 4.45. The van der Waals surface area contributed by atoms with Crippen LogP contribution in [-0.2, 0) is 9.47 Å². The van der Waals surface area contributed by atoms with Gasteiger partial charge in [-0.05, 0) is 6.92 Å². The number of aromatic nitrogens is 3. The first-order chi connectivity index (χ1) is 9.79. The van der Waals surface area contributed by atoms with Crippen molar-refractivity contribution >= 4 is 17.3 Å². The van der Waals surface area contributed by atoms with E-state index in [2.05, 4.69) is 15.0 Å². The van der Waals surface area contributed by atoms with Crippen LogP contribution in [0.15, 0.2) is 18.6 Å². The van der Waals surface area contributed by atoms with Gasteiger partial charge in [0.25, 0.3) is 0 Å². The zero-order valence-electron chi connectivity index (χ0n) is 11.3. The molecule has 0 aromatic carbocycles. The summed E-state index contributed by atoms with van der Waals surface area (Å²) in [4.78, 5) is 18.3. The summed E-state index contributed by atoms with van der Waals surface area (Å²) < 4.78 is 12.0. The summed E-state index contributed by atoms with van der Waals surface area (Å²) in [6.07, 6.45) is 4.99. The van der Waals surface area contributed by atoms with Crippen LogP contribution in [0.5, 0.6) is 0 Å². The van der Waals surface area contributed by atoms with Crippen molar-refractivity contribution in [3.63, 3.8) is 0 Å². The number of carbonyl (C=O) groups excluding carboxylic acids is 1. The highest BCUT2D eigenvalue weighted by Gasteiger charge is 2.17. The molecular formula is C13H16N4O3. The SMILES string of the molecule is CCOC(=O)c1cnn2cc(N3CCOCC3)ncc12. The number of morpholine rings is 1. The number of hydrogen-bond donors (Lipinski definition) is 0. The number of esters is 1. The van der Waals surface area contributed by atoms with Crippen LogP contribution in [0.2, 0.25) is 0 Å². The summed E-state index contributed by atoms with van der Waals surface area (Å²) in [6, 6.07) is 0. The van der Waals surface area contributed by atoms with Crippen molar-refractivity contribution in [1.29, 1.82) is 0 Å². The fraction of sp³-hybridized carbons (Fsp3) is 0.462. The van der Waals surface area contributed by atoms with Crippen LogP contribution in [0.25, 0.3) is 5.52 Å². The Morgan fingerprint density at radius 3 is 2.95 bits per heavy atom. The maximum absolute atomic E-state index is 11.8. The van der Waals surface area contributed by atoms with Gasteiger partial charge in [-0.1, -0.05) is 0 Å². The second-order valence-corrected chi connectivity index (χ2v) is 4.45. The first-order valence-electron chi connectivity index (χ1n) is 6.63. The Morgan fingerprint density at radius 1 is 1.40 bits per heavy atom. The Balaban J connectivity index is 1.91. The summed E-state index contributed by atoms with van der Waals surface area (Å²) in [5.74, 6) is 0.461. The van der Waals surface area contributed by atoms with Crippen molar-refractivity contribution in [2.75, 3.05) is 37.8 Å². The second kappa shape index (κ2) is 5.46. The third kappa shape index (κ3) is 2.32. The van der Waals surface area contributed by atoms with Gasteiger partial charge in [-0.3, -0.25) is 0 Å².